The number of amides is 2. The molecule has 0 spiro atoms. The van der Waals surface area contributed by atoms with Crippen LogP contribution in [0.2, 0.25) is 0 Å². The molecule has 5 nitrogen and oxygen atoms in total. The lowest BCUT2D eigenvalue weighted by molar-refractivity contribution is -0.122. The number of nitrogens with one attached hydrogen (secondary N) is 1. The maximum atomic E-state index is 12.7. The van der Waals surface area contributed by atoms with Gasteiger partial charge >= 0.3 is 0 Å². The van der Waals surface area contributed by atoms with E-state index in [-0.39, 0.29) is 11.8 Å². The summed E-state index contributed by atoms with van der Waals surface area (Å²) in [6.45, 7) is 8.68. The largest absolute Gasteiger partial charge is 0.481 e. The van der Waals surface area contributed by atoms with E-state index in [9.17, 15) is 9.59 Å². The molecule has 5 heteroatoms. The standard InChI is InChI=1S/C23H28N2O3/c1-15(2)20-11-10-16(3)13-21(20)28-17(4)23(27)24-18-7-5-8-19(14-18)25-12-6-9-22(25)26/h5,7-8,10-11,13-15,17H,6,9,12H2,1-4H3,(H,24,27)/t17-/m0/s1. The van der Waals surface area contributed by atoms with Crippen molar-refractivity contribution in [3.8, 4) is 5.75 Å². The summed E-state index contributed by atoms with van der Waals surface area (Å²) in [7, 11) is 0. The van der Waals surface area contributed by atoms with Crippen LogP contribution < -0.4 is 15.0 Å². The fourth-order valence-electron chi connectivity index (χ4n) is 3.38. The number of benzene rings is 2. The first-order valence-electron chi connectivity index (χ1n) is 9.83. The third-order valence-corrected chi connectivity index (χ3v) is 4.96. The van der Waals surface area contributed by atoms with E-state index in [0.717, 1.165) is 35.5 Å². The molecule has 28 heavy (non-hydrogen) atoms. The molecule has 2 aromatic carbocycles. The highest BCUT2D eigenvalue weighted by Gasteiger charge is 2.22. The van der Waals surface area contributed by atoms with E-state index >= 15 is 0 Å². The minimum absolute atomic E-state index is 0.126. The molecule has 3 rings (SSSR count). The topological polar surface area (TPSA) is 58.6 Å². The lowest BCUT2D eigenvalue weighted by Crippen LogP contribution is -2.30. The number of carbonyl (C=O) groups excluding carboxylic acids is 2. The van der Waals surface area contributed by atoms with E-state index in [1.807, 2.05) is 37.3 Å². The Morgan fingerprint density at radius 1 is 1.14 bits per heavy atom. The second-order valence-corrected chi connectivity index (χ2v) is 7.64. The van der Waals surface area contributed by atoms with Crippen LogP contribution in [0.3, 0.4) is 0 Å². The fourth-order valence-corrected chi connectivity index (χ4v) is 3.38. The molecule has 1 N–H and O–H groups in total. The van der Waals surface area contributed by atoms with Crippen LogP contribution in [-0.2, 0) is 9.59 Å². The Morgan fingerprint density at radius 3 is 2.61 bits per heavy atom. The third-order valence-electron chi connectivity index (χ3n) is 4.96. The fraction of sp³-hybridized carbons (Fsp3) is 0.391. The second-order valence-electron chi connectivity index (χ2n) is 7.64. The van der Waals surface area contributed by atoms with Crippen LogP contribution in [0.15, 0.2) is 42.5 Å². The maximum Gasteiger partial charge on any atom is 0.265 e. The Hall–Kier alpha value is -2.82. The van der Waals surface area contributed by atoms with Gasteiger partial charge in [-0.05, 0) is 61.6 Å². The average molecular weight is 380 g/mol. The second kappa shape index (κ2) is 8.46. The normalized spacial score (nSPS) is 15.0. The number of carbonyl (C=O) groups is 2. The SMILES string of the molecule is Cc1ccc(C(C)C)c(O[C@@H](C)C(=O)Nc2cccc(N3CCCC3=O)c2)c1. The molecular weight excluding hydrogens is 352 g/mol. The predicted octanol–water partition coefficient (Wildman–Crippen LogP) is 4.65. The highest BCUT2D eigenvalue weighted by molar-refractivity contribution is 5.97. The molecule has 1 atom stereocenters. The van der Waals surface area contributed by atoms with Crippen molar-refractivity contribution in [2.24, 2.45) is 0 Å². The maximum absolute atomic E-state index is 12.7. The van der Waals surface area contributed by atoms with Crippen molar-refractivity contribution in [2.45, 2.75) is 52.6 Å². The number of ether oxygens (including phenoxy) is 1. The molecule has 2 amide bonds. The first-order chi connectivity index (χ1) is 13.3. The van der Waals surface area contributed by atoms with Gasteiger partial charge in [-0.1, -0.05) is 32.0 Å². The molecule has 0 aliphatic carbocycles. The lowest BCUT2D eigenvalue weighted by Gasteiger charge is -2.20. The van der Waals surface area contributed by atoms with Gasteiger partial charge in [0.2, 0.25) is 5.91 Å². The summed E-state index contributed by atoms with van der Waals surface area (Å²) in [6.07, 6.45) is 0.807. The van der Waals surface area contributed by atoms with Gasteiger partial charge < -0.3 is 15.0 Å². The van der Waals surface area contributed by atoms with Gasteiger partial charge in [-0.15, -0.1) is 0 Å². The van der Waals surface area contributed by atoms with E-state index in [1.54, 1.807) is 11.8 Å². The molecule has 0 bridgehead atoms. The molecule has 1 saturated heterocycles. The Bertz CT molecular complexity index is 876. The van der Waals surface area contributed by atoms with Gasteiger partial charge in [-0.3, -0.25) is 9.59 Å². The van der Waals surface area contributed by atoms with Gasteiger partial charge in [-0.25, -0.2) is 0 Å². The summed E-state index contributed by atoms with van der Waals surface area (Å²) in [5.74, 6) is 0.955. The molecule has 0 aromatic heterocycles. The number of rotatable bonds is 6. The Morgan fingerprint density at radius 2 is 1.93 bits per heavy atom. The molecule has 2 aromatic rings. The Kier molecular flexibility index (Phi) is 6.02. The Labute approximate surface area is 166 Å². The zero-order valence-electron chi connectivity index (χ0n) is 17.0. The van der Waals surface area contributed by atoms with Gasteiger partial charge in [0, 0.05) is 24.3 Å². The van der Waals surface area contributed by atoms with Crippen LogP contribution in [0.5, 0.6) is 5.75 Å². The van der Waals surface area contributed by atoms with Crippen LogP contribution in [0.1, 0.15) is 50.7 Å². The van der Waals surface area contributed by atoms with Crippen LogP contribution in [0.25, 0.3) is 0 Å². The molecule has 1 aliphatic heterocycles. The van der Waals surface area contributed by atoms with E-state index < -0.39 is 6.10 Å². The van der Waals surface area contributed by atoms with E-state index in [1.165, 1.54) is 0 Å². The van der Waals surface area contributed by atoms with E-state index in [0.29, 0.717) is 18.0 Å². The van der Waals surface area contributed by atoms with Gasteiger partial charge in [0.25, 0.3) is 5.91 Å². The first kappa shape index (κ1) is 19.9. The Balaban J connectivity index is 1.70. The van der Waals surface area contributed by atoms with Crippen LogP contribution in [0.4, 0.5) is 11.4 Å². The summed E-state index contributed by atoms with van der Waals surface area (Å²) >= 11 is 0. The van der Waals surface area contributed by atoms with Crippen LogP contribution in [0, 0.1) is 6.92 Å². The van der Waals surface area contributed by atoms with Crippen molar-refractivity contribution < 1.29 is 14.3 Å². The monoisotopic (exact) mass is 380 g/mol. The summed E-state index contributed by atoms with van der Waals surface area (Å²) in [6, 6.07) is 13.5. The summed E-state index contributed by atoms with van der Waals surface area (Å²) in [5.41, 5.74) is 3.65. The predicted molar refractivity (Wildman–Crippen MR) is 112 cm³/mol. The number of hydrogen-bond acceptors (Lipinski definition) is 3. The molecule has 0 unspecified atom stereocenters. The van der Waals surface area contributed by atoms with E-state index in [4.69, 9.17) is 4.74 Å². The molecule has 0 saturated carbocycles. The lowest BCUT2D eigenvalue weighted by atomic mass is 10.0. The smallest absolute Gasteiger partial charge is 0.265 e. The minimum Gasteiger partial charge on any atom is -0.481 e. The van der Waals surface area contributed by atoms with Crippen molar-refractivity contribution in [2.75, 3.05) is 16.8 Å². The molecule has 0 radical (unpaired) electrons. The number of anilines is 2. The van der Waals surface area contributed by atoms with Crippen LogP contribution >= 0.6 is 0 Å². The number of aryl methyl sites for hydroxylation is 1. The molecule has 1 aliphatic rings. The highest BCUT2D eigenvalue weighted by atomic mass is 16.5. The minimum atomic E-state index is -0.642. The zero-order chi connectivity index (χ0) is 20.3. The molecule has 148 valence electrons. The summed E-state index contributed by atoms with van der Waals surface area (Å²) in [4.78, 5) is 26.4. The van der Waals surface area contributed by atoms with Crippen molar-refractivity contribution in [1.29, 1.82) is 0 Å². The van der Waals surface area contributed by atoms with Gasteiger partial charge in [0.1, 0.15) is 5.75 Å². The third kappa shape index (κ3) is 4.53. The number of nitrogens with zero attached hydrogens (tertiary/aromatic N) is 1. The number of hydrogen-bond donors (Lipinski definition) is 1. The average Bonchev–Trinajstić information content (AvgIpc) is 3.07. The van der Waals surface area contributed by atoms with Crippen molar-refractivity contribution >= 4 is 23.2 Å². The first-order valence-corrected chi connectivity index (χ1v) is 9.83. The molecule has 1 heterocycles. The van der Waals surface area contributed by atoms with Crippen molar-refractivity contribution in [1.82, 2.24) is 0 Å². The van der Waals surface area contributed by atoms with E-state index in [2.05, 4.69) is 31.3 Å². The summed E-state index contributed by atoms with van der Waals surface area (Å²) in [5, 5.41) is 2.90. The van der Waals surface area contributed by atoms with Gasteiger partial charge in [0.15, 0.2) is 6.10 Å². The van der Waals surface area contributed by atoms with Crippen molar-refractivity contribution in [3.63, 3.8) is 0 Å². The van der Waals surface area contributed by atoms with Gasteiger partial charge in [0.05, 0.1) is 0 Å². The zero-order valence-corrected chi connectivity index (χ0v) is 17.0. The highest BCUT2D eigenvalue weighted by Crippen LogP contribution is 2.29. The quantitative estimate of drug-likeness (QED) is 0.793. The molecular formula is C23H28N2O3. The van der Waals surface area contributed by atoms with Crippen LogP contribution in [-0.4, -0.2) is 24.5 Å². The summed E-state index contributed by atoms with van der Waals surface area (Å²) < 4.78 is 5.99. The van der Waals surface area contributed by atoms with Crippen molar-refractivity contribution in [3.05, 3.63) is 53.6 Å². The molecule has 1 fully saturated rings. The van der Waals surface area contributed by atoms with Gasteiger partial charge in [-0.2, -0.15) is 0 Å².